The fourth-order valence-corrected chi connectivity index (χ4v) is 4.58. The third kappa shape index (κ3) is 3.30. The van der Waals surface area contributed by atoms with Crippen LogP contribution in [0.5, 0.6) is 0 Å². The number of sulfonamides is 1. The van der Waals surface area contributed by atoms with Crippen LogP contribution in [0.2, 0.25) is 5.02 Å². The van der Waals surface area contributed by atoms with Gasteiger partial charge in [-0.2, -0.15) is 0 Å². The lowest BCUT2D eigenvalue weighted by molar-refractivity contribution is 0.459. The summed E-state index contributed by atoms with van der Waals surface area (Å²) in [5.41, 5.74) is -0.670. The molecule has 0 spiro atoms. The van der Waals surface area contributed by atoms with Crippen molar-refractivity contribution in [3.8, 4) is 0 Å². The van der Waals surface area contributed by atoms with E-state index in [0.717, 1.165) is 6.07 Å². The van der Waals surface area contributed by atoms with Gasteiger partial charge in [-0.15, -0.1) is 0 Å². The Kier molecular flexibility index (Phi) is 4.42. The number of halogens is 3. The number of hydrogen-bond acceptors (Lipinski definition) is 2. The monoisotopic (exact) mass is 385 g/mol. The van der Waals surface area contributed by atoms with Crippen molar-refractivity contribution >= 4 is 21.6 Å². The Hall–Kier alpha value is -1.50. The molecule has 0 saturated heterocycles. The first-order valence-electron chi connectivity index (χ1n) is 7.78. The lowest BCUT2D eigenvalue weighted by atomic mass is 9.87. The van der Waals surface area contributed by atoms with Crippen LogP contribution in [-0.2, 0) is 15.4 Å². The lowest BCUT2D eigenvalue weighted by Gasteiger charge is -2.22. The van der Waals surface area contributed by atoms with Crippen molar-refractivity contribution in [1.29, 1.82) is 0 Å². The van der Waals surface area contributed by atoms with E-state index < -0.39 is 27.1 Å². The van der Waals surface area contributed by atoms with Crippen molar-refractivity contribution in [2.24, 2.45) is 5.41 Å². The first-order valence-corrected chi connectivity index (χ1v) is 9.64. The SMILES string of the molecule is CC1(C)CC1(CNS(=O)(=O)c1ccc(Cl)cc1)c1ccc(F)cc1F. The van der Waals surface area contributed by atoms with Gasteiger partial charge in [-0.25, -0.2) is 21.9 Å². The van der Waals surface area contributed by atoms with E-state index in [-0.39, 0.29) is 16.9 Å². The lowest BCUT2D eigenvalue weighted by Crippen LogP contribution is -2.35. The normalized spacial score (nSPS) is 22.0. The van der Waals surface area contributed by atoms with Gasteiger partial charge in [0, 0.05) is 23.0 Å². The highest BCUT2D eigenvalue weighted by molar-refractivity contribution is 7.89. The van der Waals surface area contributed by atoms with Crippen LogP contribution in [0.1, 0.15) is 25.8 Å². The zero-order valence-electron chi connectivity index (χ0n) is 13.8. The topological polar surface area (TPSA) is 46.2 Å². The van der Waals surface area contributed by atoms with Gasteiger partial charge in [0.15, 0.2) is 0 Å². The van der Waals surface area contributed by atoms with Gasteiger partial charge in [-0.3, -0.25) is 0 Å². The molecule has 7 heteroatoms. The van der Waals surface area contributed by atoms with Crippen molar-refractivity contribution in [2.75, 3.05) is 6.54 Å². The van der Waals surface area contributed by atoms with Crippen LogP contribution >= 0.6 is 11.6 Å². The molecule has 134 valence electrons. The molecule has 1 aliphatic carbocycles. The van der Waals surface area contributed by atoms with Gasteiger partial charge in [0.1, 0.15) is 11.6 Å². The Bertz CT molecular complexity index is 913. The second-order valence-corrected chi connectivity index (χ2v) is 9.25. The summed E-state index contributed by atoms with van der Waals surface area (Å²) in [6, 6.07) is 9.23. The molecule has 2 aromatic rings. The van der Waals surface area contributed by atoms with Gasteiger partial charge in [0.2, 0.25) is 10.0 Å². The molecule has 0 aliphatic heterocycles. The van der Waals surface area contributed by atoms with Crippen LogP contribution in [0.4, 0.5) is 8.78 Å². The quantitative estimate of drug-likeness (QED) is 0.835. The van der Waals surface area contributed by atoms with Crippen LogP contribution in [0.15, 0.2) is 47.4 Å². The molecule has 1 fully saturated rings. The molecule has 25 heavy (non-hydrogen) atoms. The molecular weight excluding hydrogens is 368 g/mol. The second-order valence-electron chi connectivity index (χ2n) is 7.05. The molecule has 0 bridgehead atoms. The zero-order valence-corrected chi connectivity index (χ0v) is 15.4. The molecule has 1 atom stereocenters. The van der Waals surface area contributed by atoms with Gasteiger partial charge in [-0.05, 0) is 47.7 Å². The van der Waals surface area contributed by atoms with E-state index in [0.29, 0.717) is 17.0 Å². The molecule has 1 aliphatic rings. The Morgan fingerprint density at radius 2 is 1.72 bits per heavy atom. The maximum Gasteiger partial charge on any atom is 0.240 e. The molecule has 1 unspecified atom stereocenters. The highest BCUT2D eigenvalue weighted by atomic mass is 35.5. The smallest absolute Gasteiger partial charge is 0.210 e. The summed E-state index contributed by atoms with van der Waals surface area (Å²) in [5, 5.41) is 0.437. The van der Waals surface area contributed by atoms with E-state index in [4.69, 9.17) is 11.6 Å². The molecule has 3 nitrogen and oxygen atoms in total. The van der Waals surface area contributed by atoms with E-state index >= 15 is 0 Å². The summed E-state index contributed by atoms with van der Waals surface area (Å²) in [5.74, 6) is -1.31. The second kappa shape index (κ2) is 6.04. The third-order valence-electron chi connectivity index (χ3n) is 5.05. The fraction of sp³-hybridized carbons (Fsp3) is 0.333. The number of rotatable bonds is 5. The molecule has 3 rings (SSSR count). The molecule has 0 aromatic heterocycles. The summed E-state index contributed by atoms with van der Waals surface area (Å²) in [6.45, 7) is 3.91. The summed E-state index contributed by atoms with van der Waals surface area (Å²) >= 11 is 5.78. The van der Waals surface area contributed by atoms with Crippen LogP contribution in [-0.4, -0.2) is 15.0 Å². The Labute approximate surface area is 151 Å². The maximum absolute atomic E-state index is 14.3. The Morgan fingerprint density at radius 1 is 1.12 bits per heavy atom. The van der Waals surface area contributed by atoms with Gasteiger partial charge >= 0.3 is 0 Å². The number of nitrogens with one attached hydrogen (secondary N) is 1. The minimum Gasteiger partial charge on any atom is -0.210 e. The molecule has 0 amide bonds. The summed E-state index contributed by atoms with van der Waals surface area (Å²) in [6.07, 6.45) is 0.603. The summed E-state index contributed by atoms with van der Waals surface area (Å²) in [4.78, 5) is 0.0880. The van der Waals surface area contributed by atoms with Gasteiger partial charge in [0.25, 0.3) is 0 Å². The molecule has 2 aromatic carbocycles. The van der Waals surface area contributed by atoms with Crippen molar-refractivity contribution in [1.82, 2.24) is 4.72 Å². The van der Waals surface area contributed by atoms with Gasteiger partial charge < -0.3 is 0 Å². The standard InChI is InChI=1S/C18H18ClF2NO2S/c1-17(2)10-18(17,15-8-5-13(20)9-16(15)21)11-22-25(23,24)14-6-3-12(19)4-7-14/h3-9,22H,10-11H2,1-2H3. The predicted octanol–water partition coefficient (Wildman–Crippen LogP) is 4.26. The summed E-state index contributed by atoms with van der Waals surface area (Å²) < 4.78 is 55.0. The zero-order chi connectivity index (χ0) is 18.5. The van der Waals surface area contributed by atoms with Crippen LogP contribution in [0.25, 0.3) is 0 Å². The average molecular weight is 386 g/mol. The fourth-order valence-electron chi connectivity index (χ4n) is 3.36. The summed E-state index contributed by atoms with van der Waals surface area (Å²) in [7, 11) is -3.75. The minimum atomic E-state index is -3.75. The van der Waals surface area contributed by atoms with E-state index in [1.807, 2.05) is 13.8 Å². The van der Waals surface area contributed by atoms with E-state index in [2.05, 4.69) is 4.72 Å². The highest BCUT2D eigenvalue weighted by Gasteiger charge is 2.62. The van der Waals surface area contributed by atoms with Crippen molar-refractivity contribution in [2.45, 2.75) is 30.6 Å². The number of benzene rings is 2. The highest BCUT2D eigenvalue weighted by Crippen LogP contribution is 2.64. The first kappa shape index (κ1) is 18.3. The van der Waals surface area contributed by atoms with E-state index in [1.165, 1.54) is 36.4 Å². The van der Waals surface area contributed by atoms with Crippen LogP contribution in [0.3, 0.4) is 0 Å². The Balaban J connectivity index is 1.88. The van der Waals surface area contributed by atoms with Crippen molar-refractivity contribution < 1.29 is 17.2 Å². The van der Waals surface area contributed by atoms with Crippen LogP contribution < -0.4 is 4.72 Å². The van der Waals surface area contributed by atoms with Gasteiger partial charge in [-0.1, -0.05) is 31.5 Å². The predicted molar refractivity (Wildman–Crippen MR) is 93.1 cm³/mol. The van der Waals surface area contributed by atoms with Gasteiger partial charge in [0.05, 0.1) is 4.90 Å². The molecular formula is C18H18ClF2NO2S. The van der Waals surface area contributed by atoms with Crippen molar-refractivity contribution in [3.05, 3.63) is 64.7 Å². The van der Waals surface area contributed by atoms with Crippen LogP contribution in [0, 0.1) is 17.0 Å². The van der Waals surface area contributed by atoms with E-state index in [9.17, 15) is 17.2 Å². The minimum absolute atomic E-state index is 0.0352. The third-order valence-corrected chi connectivity index (χ3v) is 6.72. The average Bonchev–Trinajstić information content (AvgIpc) is 3.08. The first-order chi connectivity index (χ1) is 11.6. The Morgan fingerprint density at radius 3 is 2.24 bits per heavy atom. The molecule has 0 radical (unpaired) electrons. The maximum atomic E-state index is 14.3. The largest absolute Gasteiger partial charge is 0.240 e. The van der Waals surface area contributed by atoms with Crippen molar-refractivity contribution in [3.63, 3.8) is 0 Å². The molecule has 1 saturated carbocycles. The van der Waals surface area contributed by atoms with E-state index in [1.54, 1.807) is 0 Å². The molecule has 1 N–H and O–H groups in total. The molecule has 0 heterocycles. The number of hydrogen-bond donors (Lipinski definition) is 1.